The average molecular weight is 537 g/mol. The maximum Gasteiger partial charge on any atom is 0.455 e. The third kappa shape index (κ3) is 6.64. The topological polar surface area (TPSA) is 124 Å². The molecule has 8 nitrogen and oxygen atoms in total. The molecule has 0 radical (unpaired) electrons. The molecule has 1 aromatic rings. The van der Waals surface area contributed by atoms with Gasteiger partial charge in [0.1, 0.15) is 5.75 Å². The predicted molar refractivity (Wildman–Crippen MR) is 148 cm³/mol. The minimum Gasteiger partial charge on any atom is -0.507 e. The molecule has 2 saturated heterocycles. The van der Waals surface area contributed by atoms with E-state index in [9.17, 15) is 24.5 Å². The number of para-hydroxylation sites is 1. The van der Waals surface area contributed by atoms with Crippen molar-refractivity contribution >= 4 is 31.0 Å². The maximum atomic E-state index is 13.5. The Balaban J connectivity index is 1.48. The Morgan fingerprint density at radius 2 is 1.87 bits per heavy atom. The first-order valence-electron chi connectivity index (χ1n) is 14.3. The summed E-state index contributed by atoms with van der Waals surface area (Å²) in [6.07, 6.45) is 7.57. The van der Waals surface area contributed by atoms with Crippen LogP contribution in [0.15, 0.2) is 41.0 Å². The van der Waals surface area contributed by atoms with Crippen LogP contribution in [0.2, 0.25) is 6.32 Å². The number of fused-ring (bicyclic) bond motifs is 3. The summed E-state index contributed by atoms with van der Waals surface area (Å²) < 4.78 is 6.04. The van der Waals surface area contributed by atoms with E-state index in [4.69, 9.17) is 9.76 Å². The number of aromatic hydroxyl groups is 1. The highest BCUT2D eigenvalue weighted by atomic mass is 16.5. The van der Waals surface area contributed by atoms with Gasteiger partial charge in [-0.25, -0.2) is 0 Å². The lowest BCUT2D eigenvalue weighted by Crippen LogP contribution is -2.46. The molecule has 2 amide bonds. The maximum absolute atomic E-state index is 13.5. The zero-order valence-electron chi connectivity index (χ0n) is 23.0. The van der Waals surface area contributed by atoms with Gasteiger partial charge in [-0.1, -0.05) is 55.2 Å². The van der Waals surface area contributed by atoms with Crippen molar-refractivity contribution < 1.29 is 34.3 Å². The van der Waals surface area contributed by atoms with Gasteiger partial charge in [-0.05, 0) is 69.3 Å². The molecule has 2 heterocycles. The van der Waals surface area contributed by atoms with E-state index in [0.717, 1.165) is 36.0 Å². The van der Waals surface area contributed by atoms with Crippen LogP contribution >= 0.6 is 0 Å². The highest BCUT2D eigenvalue weighted by Gasteiger charge is 2.56. The van der Waals surface area contributed by atoms with Gasteiger partial charge in [0.15, 0.2) is 0 Å². The van der Waals surface area contributed by atoms with E-state index in [1.807, 2.05) is 25.1 Å². The van der Waals surface area contributed by atoms with E-state index < -0.39 is 24.9 Å². The van der Waals surface area contributed by atoms with Crippen molar-refractivity contribution in [3.05, 3.63) is 46.5 Å². The molecule has 0 spiro atoms. The number of nitrogens with zero attached hydrogens (tertiary/aromatic N) is 1. The number of benzene rings is 1. The lowest BCUT2D eigenvalue weighted by Gasteiger charge is -2.42. The average Bonchev–Trinajstić information content (AvgIpc) is 3.12. The minimum atomic E-state index is -1.000. The van der Waals surface area contributed by atoms with E-state index >= 15 is 0 Å². The van der Waals surface area contributed by atoms with Crippen molar-refractivity contribution in [2.75, 3.05) is 6.54 Å². The Morgan fingerprint density at radius 1 is 1.10 bits per heavy atom. The number of amides is 2. The monoisotopic (exact) mass is 537 g/mol. The Kier molecular flexibility index (Phi) is 9.67. The van der Waals surface area contributed by atoms with Crippen molar-refractivity contribution in [2.24, 2.45) is 17.8 Å². The second-order valence-electron chi connectivity index (χ2n) is 11.2. The largest absolute Gasteiger partial charge is 0.507 e. The van der Waals surface area contributed by atoms with Gasteiger partial charge in [-0.2, -0.15) is 0 Å². The number of hydrogen-bond acceptors (Lipinski definition) is 6. The number of rotatable bonds is 12. The van der Waals surface area contributed by atoms with Crippen LogP contribution in [0.4, 0.5) is 0 Å². The first-order valence-corrected chi connectivity index (χ1v) is 14.3. The Hall–Kier alpha value is -2.91. The number of carboxylic acids is 1. The van der Waals surface area contributed by atoms with Crippen LogP contribution in [0.5, 0.6) is 5.75 Å². The second-order valence-corrected chi connectivity index (χ2v) is 11.2. The second kappa shape index (κ2) is 13.0. The van der Waals surface area contributed by atoms with Gasteiger partial charge in [0.25, 0.3) is 0 Å². The van der Waals surface area contributed by atoms with Crippen LogP contribution in [0.25, 0.3) is 6.08 Å². The molecule has 210 valence electrons. The number of carboxylic acid groups (broad SMARTS) is 1. The molecular weight excluding hydrogens is 497 g/mol. The molecule has 0 unspecified atom stereocenters. The summed E-state index contributed by atoms with van der Waals surface area (Å²) in [5.41, 5.74) is 4.10. The molecule has 3 N–H and O–H groups in total. The molecule has 3 aliphatic rings. The number of aliphatic carboxylic acids is 1. The fraction of sp³-hybridized carbons (Fsp3) is 0.567. The van der Waals surface area contributed by atoms with Gasteiger partial charge in [0.2, 0.25) is 11.8 Å². The summed E-state index contributed by atoms with van der Waals surface area (Å²) in [5.74, 6) is -2.04. The number of phenolic OH excluding ortho intramolecular Hbond substituents is 1. The molecule has 0 saturated carbocycles. The lowest BCUT2D eigenvalue weighted by atomic mass is 9.58. The van der Waals surface area contributed by atoms with Gasteiger partial charge in [-0.15, -0.1) is 0 Å². The quantitative estimate of drug-likeness (QED) is 0.151. The third-order valence-corrected chi connectivity index (χ3v) is 8.41. The van der Waals surface area contributed by atoms with Crippen LogP contribution in [-0.2, 0) is 19.0 Å². The van der Waals surface area contributed by atoms with E-state index in [0.29, 0.717) is 45.0 Å². The molecular formula is C30H40BNO7. The zero-order valence-corrected chi connectivity index (χ0v) is 23.0. The number of unbranched alkanes of at least 4 members (excludes halogenated alkanes) is 2. The number of carbonyl (C=O) groups is 3. The predicted octanol–water partition coefficient (Wildman–Crippen LogP) is 4.82. The first kappa shape index (κ1) is 29.1. The lowest BCUT2D eigenvalue weighted by molar-refractivity contribution is -0.141. The normalized spacial score (nSPS) is 25.3. The number of hydrogen-bond donors (Lipinski definition) is 3. The van der Waals surface area contributed by atoms with E-state index in [2.05, 4.69) is 6.92 Å². The highest BCUT2D eigenvalue weighted by molar-refractivity contribution is 6.43. The van der Waals surface area contributed by atoms with Crippen LogP contribution in [0.3, 0.4) is 0 Å². The first-order chi connectivity index (χ1) is 18.7. The SMILES string of the molecule is CCC/C(=C\c1ccccc1O)CC[C@H]1OB(O)C[C@H]2C1=C(C)C[C@H]1C(=O)N(CCCCCC(=O)O)C(=O)[C@H]12. The summed E-state index contributed by atoms with van der Waals surface area (Å²) >= 11 is 0. The summed E-state index contributed by atoms with van der Waals surface area (Å²) in [6, 6.07) is 7.25. The molecule has 2 aliphatic heterocycles. The fourth-order valence-electron chi connectivity index (χ4n) is 6.67. The molecule has 0 bridgehead atoms. The number of carbonyl (C=O) groups excluding carboxylic acids is 2. The van der Waals surface area contributed by atoms with Crippen molar-refractivity contribution in [1.29, 1.82) is 0 Å². The molecule has 9 heteroatoms. The van der Waals surface area contributed by atoms with Crippen molar-refractivity contribution in [3.8, 4) is 5.75 Å². The third-order valence-electron chi connectivity index (χ3n) is 8.41. The number of imide groups is 1. The van der Waals surface area contributed by atoms with Crippen LogP contribution in [0, 0.1) is 17.8 Å². The highest BCUT2D eigenvalue weighted by Crippen LogP contribution is 2.50. The van der Waals surface area contributed by atoms with Gasteiger partial charge in [-0.3, -0.25) is 19.3 Å². The summed E-state index contributed by atoms with van der Waals surface area (Å²) in [5, 5.41) is 29.7. The molecule has 39 heavy (non-hydrogen) atoms. The summed E-state index contributed by atoms with van der Waals surface area (Å²) in [7, 11) is -1.000. The van der Waals surface area contributed by atoms with Crippen molar-refractivity contribution in [2.45, 2.75) is 84.1 Å². The number of phenols is 1. The Bertz CT molecular complexity index is 1150. The van der Waals surface area contributed by atoms with Crippen molar-refractivity contribution in [3.63, 3.8) is 0 Å². The molecule has 4 atom stereocenters. The van der Waals surface area contributed by atoms with E-state index in [-0.39, 0.29) is 36.0 Å². The molecule has 2 fully saturated rings. The molecule has 1 aromatic carbocycles. The minimum absolute atomic E-state index is 0.0860. The van der Waals surface area contributed by atoms with Crippen molar-refractivity contribution in [1.82, 2.24) is 4.90 Å². The Morgan fingerprint density at radius 3 is 2.59 bits per heavy atom. The molecule has 1 aliphatic carbocycles. The zero-order chi connectivity index (χ0) is 28.1. The van der Waals surface area contributed by atoms with Gasteiger partial charge in [0, 0.05) is 18.5 Å². The standard InChI is InChI=1S/C30H40BNO7/c1-3-9-20(17-21-10-6-7-11-24(21)33)13-14-25-27-19(2)16-22-28(23(27)18-31(38)39-25)30(37)32(29(22)36)15-8-4-5-12-26(34)35/h6-7,10-11,17,22-23,25,28,33,38H,3-5,8-9,12-16,18H2,1-2H3,(H,34,35)/b20-17+/t22-,23+,25-,28-/m1/s1. The molecule has 0 aromatic heterocycles. The number of allylic oxidation sites excluding steroid dienone is 2. The van der Waals surface area contributed by atoms with Crippen LogP contribution in [-0.4, -0.2) is 57.7 Å². The van der Waals surface area contributed by atoms with Gasteiger partial charge in [0.05, 0.1) is 17.9 Å². The van der Waals surface area contributed by atoms with Crippen LogP contribution in [0.1, 0.15) is 77.2 Å². The van der Waals surface area contributed by atoms with Gasteiger partial charge < -0.3 is 19.9 Å². The summed E-state index contributed by atoms with van der Waals surface area (Å²) in [6.45, 7) is 4.44. The fourth-order valence-corrected chi connectivity index (χ4v) is 6.67. The van der Waals surface area contributed by atoms with E-state index in [1.54, 1.807) is 12.1 Å². The smallest absolute Gasteiger partial charge is 0.455 e. The molecule has 4 rings (SSSR count). The number of likely N-dealkylation sites (tertiary alicyclic amines) is 1. The van der Waals surface area contributed by atoms with E-state index in [1.165, 1.54) is 10.5 Å². The summed E-state index contributed by atoms with van der Waals surface area (Å²) in [4.78, 5) is 38.9. The van der Waals surface area contributed by atoms with Crippen LogP contribution < -0.4 is 0 Å². The van der Waals surface area contributed by atoms with Gasteiger partial charge >= 0.3 is 13.1 Å². The Labute approximate surface area is 230 Å².